The van der Waals surface area contributed by atoms with Crippen molar-refractivity contribution in [2.45, 2.75) is 152 Å². The van der Waals surface area contributed by atoms with Crippen LogP contribution in [0.5, 0.6) is 0 Å². The van der Waals surface area contributed by atoms with Gasteiger partial charge in [0.15, 0.2) is 0 Å². The van der Waals surface area contributed by atoms with E-state index < -0.39 is 93.8 Å². The van der Waals surface area contributed by atoms with Crippen LogP contribution >= 0.6 is 0 Å². The van der Waals surface area contributed by atoms with Crippen LogP contribution in [0.4, 0.5) is 52.7 Å². The summed E-state index contributed by atoms with van der Waals surface area (Å²) in [6.07, 6.45) is -18.1. The summed E-state index contributed by atoms with van der Waals surface area (Å²) in [5.41, 5.74) is -1.79. The minimum atomic E-state index is -4.94. The van der Waals surface area contributed by atoms with Gasteiger partial charge in [-0.25, -0.2) is 0 Å². The van der Waals surface area contributed by atoms with E-state index in [1.807, 2.05) is 60.7 Å². The standard InChI is InChI=1S/C27H29F6N3O2.C26H31F6N3O2.C4H10O3.C2H4O2/c1-17(18-11-20(26(28,29)30)13-21(12-18)27(31,32)33)38-15-25(19-7-5-4-6-8-19)10-9-22(14-34-25)36-16-35-24(2,3)23(36)37;1-16(17-11-19(25(27,28)29)13-20(12-17)26(30,31)32)37-15-24(18-7-5-4-6-8-18)10-9-21(14-34-24)35-22(36)23(2,3)33;1-5-4(6-2)7-3;1-2(3)4/h4-8,11-13,16-17,22,34H,9-10,14-15H2,1-3H3;4-8,11-13,16,21,34H,9-10,14-15,33H2,1-3H3,(H,35,36);4H,1-3H3;1H3,(H,3,4)/t17-,22+,25-;16-,21+,24-;;/m11../s1. The highest BCUT2D eigenvalue weighted by Crippen LogP contribution is 2.42. The lowest BCUT2D eigenvalue weighted by Gasteiger charge is -2.44. The van der Waals surface area contributed by atoms with Crippen LogP contribution in [0.1, 0.15) is 131 Å². The van der Waals surface area contributed by atoms with Gasteiger partial charge in [0.1, 0.15) is 5.54 Å². The van der Waals surface area contributed by atoms with Crippen LogP contribution < -0.4 is 21.7 Å². The van der Waals surface area contributed by atoms with Gasteiger partial charge in [-0.15, -0.1) is 0 Å². The summed E-state index contributed by atoms with van der Waals surface area (Å²) in [4.78, 5) is 39.9. The molecule has 6 atom stereocenters. The van der Waals surface area contributed by atoms with Crippen molar-refractivity contribution in [3.63, 3.8) is 0 Å². The lowest BCUT2D eigenvalue weighted by Crippen LogP contribution is -2.60. The SMILES string of the molecule is CC(=O)O.COC(OC)OC.C[C@@H](OC[C@@]1(c2ccccc2)CC[C@H](N2C=NC(C)(C)C2=O)CN1)c1cc(C(F)(F)F)cc(C(F)(F)F)c1.C[C@@H](OC[C@@]1(c2ccccc2)CC[C@H](NC(=O)C(C)(C)N)CN1)c1cc(C(F)(F)F)cc(C(F)(F)F)c1. The van der Waals surface area contributed by atoms with Crippen molar-refractivity contribution >= 4 is 24.1 Å². The third kappa shape index (κ3) is 20.4. The van der Waals surface area contributed by atoms with E-state index in [-0.39, 0.29) is 60.4 Å². The predicted molar refractivity (Wildman–Crippen MR) is 294 cm³/mol. The molecule has 2 amide bonds. The van der Waals surface area contributed by atoms with E-state index in [1.54, 1.807) is 38.9 Å². The summed E-state index contributed by atoms with van der Waals surface area (Å²) in [7, 11) is 4.53. The number of aliphatic imine (C=N–C) groups is 1. The number of carboxylic acids is 1. The summed E-state index contributed by atoms with van der Waals surface area (Å²) in [6, 6.07) is 21.1. The Hall–Kier alpha value is -6.20. The van der Waals surface area contributed by atoms with Crippen molar-refractivity contribution in [3.05, 3.63) is 142 Å². The molecule has 27 heteroatoms. The second kappa shape index (κ2) is 29.7. The molecule has 3 heterocycles. The Bertz CT molecular complexity index is 2770. The molecule has 0 bridgehead atoms. The molecule has 15 nitrogen and oxygen atoms in total. The molecule has 7 rings (SSSR count). The van der Waals surface area contributed by atoms with Crippen molar-refractivity contribution in [2.24, 2.45) is 10.7 Å². The Morgan fingerprint density at radius 3 is 1.29 bits per heavy atom. The number of carbonyl (C=O) groups excluding carboxylic acids is 2. The molecule has 0 aromatic heterocycles. The third-order valence-corrected chi connectivity index (χ3v) is 14.3. The minimum absolute atomic E-state index is 0.00394. The molecule has 3 aliphatic rings. The zero-order valence-corrected chi connectivity index (χ0v) is 49.1. The van der Waals surface area contributed by atoms with Crippen LogP contribution in [0.25, 0.3) is 0 Å². The van der Waals surface area contributed by atoms with E-state index in [2.05, 4.69) is 35.2 Å². The molecule has 478 valence electrons. The van der Waals surface area contributed by atoms with E-state index in [4.69, 9.17) is 25.1 Å². The summed E-state index contributed by atoms with van der Waals surface area (Å²) in [5, 5.41) is 17.2. The molecular formula is C59H74F12N6O9. The highest BCUT2D eigenvalue weighted by Gasteiger charge is 2.46. The molecule has 0 saturated carbocycles. The van der Waals surface area contributed by atoms with E-state index in [0.29, 0.717) is 63.0 Å². The van der Waals surface area contributed by atoms with Crippen LogP contribution in [0.15, 0.2) is 102 Å². The molecule has 4 aromatic rings. The molecule has 6 N–H and O–H groups in total. The average molecular weight is 1240 g/mol. The molecule has 2 fully saturated rings. The zero-order chi connectivity index (χ0) is 64.9. The predicted octanol–water partition coefficient (Wildman–Crippen LogP) is 11.7. The second-order valence-electron chi connectivity index (χ2n) is 21.9. The first-order valence-electron chi connectivity index (χ1n) is 26.9. The number of methoxy groups -OCH3 is 3. The lowest BCUT2D eigenvalue weighted by atomic mass is 9.81. The van der Waals surface area contributed by atoms with Crippen molar-refractivity contribution in [1.82, 2.24) is 20.9 Å². The highest BCUT2D eigenvalue weighted by molar-refractivity contribution is 5.99. The number of amides is 2. The first kappa shape index (κ1) is 72.3. The van der Waals surface area contributed by atoms with Crippen LogP contribution in [0, 0.1) is 0 Å². The van der Waals surface area contributed by atoms with Gasteiger partial charge in [-0.2, -0.15) is 52.7 Å². The molecule has 4 aromatic carbocycles. The van der Waals surface area contributed by atoms with Crippen molar-refractivity contribution < 1.29 is 95.9 Å². The van der Waals surface area contributed by atoms with E-state index in [9.17, 15) is 62.3 Å². The zero-order valence-electron chi connectivity index (χ0n) is 49.1. The number of carboxylic acid groups (broad SMARTS) is 1. The Kier molecular flexibility index (Phi) is 24.9. The minimum Gasteiger partial charge on any atom is -0.481 e. The van der Waals surface area contributed by atoms with Gasteiger partial charge in [-0.1, -0.05) is 60.7 Å². The molecule has 2 saturated heterocycles. The van der Waals surface area contributed by atoms with Gasteiger partial charge in [-0.05, 0) is 126 Å². The van der Waals surface area contributed by atoms with E-state index >= 15 is 0 Å². The molecule has 0 spiro atoms. The molecular weight excluding hydrogens is 1160 g/mol. The number of hydrogen-bond donors (Lipinski definition) is 5. The fraction of sp³-hybridized carbons (Fsp3) is 0.525. The number of halogens is 12. The molecule has 86 heavy (non-hydrogen) atoms. The number of nitrogens with two attached hydrogens (primary N) is 1. The van der Waals surface area contributed by atoms with E-state index in [0.717, 1.165) is 18.1 Å². The number of piperidine rings is 2. The molecule has 3 aliphatic heterocycles. The van der Waals surface area contributed by atoms with Gasteiger partial charge in [0, 0.05) is 47.4 Å². The normalized spacial score (nSPS) is 21.4. The Balaban J connectivity index is 0.000000314. The van der Waals surface area contributed by atoms with Gasteiger partial charge in [-0.3, -0.25) is 24.3 Å². The number of aliphatic carboxylic acids is 1. The maximum Gasteiger partial charge on any atom is 0.416 e. The fourth-order valence-corrected chi connectivity index (χ4v) is 9.33. The maximum absolute atomic E-state index is 13.3. The van der Waals surface area contributed by atoms with Crippen molar-refractivity contribution in [3.8, 4) is 0 Å². The largest absolute Gasteiger partial charge is 0.481 e. The van der Waals surface area contributed by atoms with E-state index in [1.165, 1.54) is 35.2 Å². The highest BCUT2D eigenvalue weighted by atomic mass is 19.4. The van der Waals surface area contributed by atoms with Gasteiger partial charge < -0.3 is 50.5 Å². The first-order chi connectivity index (χ1) is 39.7. The van der Waals surface area contributed by atoms with Crippen LogP contribution in [0.3, 0.4) is 0 Å². The van der Waals surface area contributed by atoms with Crippen molar-refractivity contribution in [1.29, 1.82) is 0 Å². The summed E-state index contributed by atoms with van der Waals surface area (Å²) in [5.74, 6) is -1.24. The van der Waals surface area contributed by atoms with Crippen LogP contribution in [-0.2, 0) is 73.9 Å². The molecule has 0 radical (unpaired) electrons. The van der Waals surface area contributed by atoms with Crippen LogP contribution in [0.2, 0.25) is 0 Å². The Morgan fingerprint density at radius 1 is 0.663 bits per heavy atom. The monoisotopic (exact) mass is 1240 g/mol. The lowest BCUT2D eigenvalue weighted by molar-refractivity contribution is -0.252. The molecule has 0 aliphatic carbocycles. The fourth-order valence-electron chi connectivity index (χ4n) is 9.33. The number of alkyl halides is 12. The number of nitrogens with one attached hydrogen (secondary N) is 3. The summed E-state index contributed by atoms with van der Waals surface area (Å²) >= 11 is 0. The number of carbonyl (C=O) groups is 3. The van der Waals surface area contributed by atoms with Gasteiger partial charge in [0.2, 0.25) is 5.91 Å². The second-order valence-corrected chi connectivity index (χ2v) is 21.9. The van der Waals surface area contributed by atoms with Gasteiger partial charge in [0.25, 0.3) is 18.4 Å². The smallest absolute Gasteiger partial charge is 0.416 e. The van der Waals surface area contributed by atoms with Crippen molar-refractivity contribution in [2.75, 3.05) is 47.6 Å². The van der Waals surface area contributed by atoms with Gasteiger partial charge >= 0.3 is 24.7 Å². The number of rotatable bonds is 16. The number of hydrogen-bond acceptors (Lipinski definition) is 12. The van der Waals surface area contributed by atoms with Gasteiger partial charge in [0.05, 0.1) is 76.7 Å². The van der Waals surface area contributed by atoms with Crippen LogP contribution in [-0.4, -0.2) is 111 Å². The summed E-state index contributed by atoms with van der Waals surface area (Å²) < 4.78 is 186. The first-order valence-corrected chi connectivity index (χ1v) is 26.9. The topological polar surface area (TPSA) is 195 Å². The number of ether oxygens (including phenoxy) is 5. The third-order valence-electron chi connectivity index (χ3n) is 14.3. The number of nitrogens with zero attached hydrogens (tertiary/aromatic N) is 2. The summed E-state index contributed by atoms with van der Waals surface area (Å²) in [6.45, 7) is 10.9. The number of benzene rings is 4. The molecule has 0 unspecified atom stereocenters. The Labute approximate surface area is 491 Å². The Morgan fingerprint density at radius 2 is 1.02 bits per heavy atom. The quantitative estimate of drug-likeness (QED) is 0.0527. The average Bonchev–Trinajstić information content (AvgIpc) is 1.77. The maximum atomic E-state index is 13.3.